The summed E-state index contributed by atoms with van der Waals surface area (Å²) in [7, 11) is 0. The number of nitrogens with one attached hydrogen (secondary N) is 1. The maximum absolute atomic E-state index is 12.4. The number of ketones is 1. The largest absolute Gasteiger partial charge is 0.494 e. The monoisotopic (exact) mass is 394 g/mol. The topological polar surface area (TPSA) is 54.4 Å². The van der Waals surface area contributed by atoms with E-state index in [1.807, 2.05) is 73.9 Å². The maximum Gasteiger partial charge on any atom is 0.185 e. The smallest absolute Gasteiger partial charge is 0.185 e. The zero-order valence-corrected chi connectivity index (χ0v) is 16.7. The van der Waals surface area contributed by atoms with Gasteiger partial charge in [0, 0.05) is 34.4 Å². The Hall–Kier alpha value is -3.92. The van der Waals surface area contributed by atoms with Gasteiger partial charge in [-0.1, -0.05) is 36.4 Å². The molecule has 30 heavy (non-hydrogen) atoms. The van der Waals surface area contributed by atoms with Crippen LogP contribution in [0, 0.1) is 0 Å². The number of carbonyl (C=O) groups is 1. The summed E-state index contributed by atoms with van der Waals surface area (Å²) in [4.78, 5) is 20.2. The first-order valence-corrected chi connectivity index (χ1v) is 9.88. The average molecular weight is 394 g/mol. The molecule has 0 aliphatic heterocycles. The van der Waals surface area contributed by atoms with E-state index >= 15 is 0 Å². The third-order valence-corrected chi connectivity index (χ3v) is 4.74. The van der Waals surface area contributed by atoms with E-state index in [1.54, 1.807) is 24.3 Å². The highest BCUT2D eigenvalue weighted by atomic mass is 16.5. The summed E-state index contributed by atoms with van der Waals surface area (Å²) < 4.78 is 5.43. The number of carbonyl (C=O) groups excluding carboxylic acids is 1. The number of nitrogens with zero attached hydrogens (tertiary/aromatic N) is 1. The molecule has 0 unspecified atom stereocenters. The summed E-state index contributed by atoms with van der Waals surface area (Å²) >= 11 is 0. The number of H-pyrrole nitrogens is 1. The van der Waals surface area contributed by atoms with Crippen molar-refractivity contribution < 1.29 is 9.53 Å². The number of ether oxygens (including phenoxy) is 1. The fourth-order valence-corrected chi connectivity index (χ4v) is 3.17. The first kappa shape index (κ1) is 19.4. The fourth-order valence-electron chi connectivity index (χ4n) is 3.17. The molecule has 4 nitrogen and oxygen atoms in total. The Morgan fingerprint density at radius 1 is 1.00 bits per heavy atom. The lowest BCUT2D eigenvalue weighted by atomic mass is 10.1. The molecule has 0 amide bonds. The number of fused-ring (bicyclic) bond motifs is 1. The second kappa shape index (κ2) is 9.05. The van der Waals surface area contributed by atoms with Crippen LogP contribution in [-0.4, -0.2) is 23.6 Å². The van der Waals surface area contributed by atoms with Gasteiger partial charge in [-0.25, -0.2) is 0 Å². The molecule has 148 valence electrons. The Morgan fingerprint density at radius 2 is 1.77 bits per heavy atom. The summed E-state index contributed by atoms with van der Waals surface area (Å²) in [5.74, 6) is 0.779. The lowest BCUT2D eigenvalue weighted by Crippen LogP contribution is -1.93. The van der Waals surface area contributed by atoms with E-state index < -0.39 is 0 Å². The van der Waals surface area contributed by atoms with E-state index in [2.05, 4.69) is 16.0 Å². The van der Waals surface area contributed by atoms with E-state index in [0.29, 0.717) is 12.2 Å². The number of allylic oxidation sites excluding steroid dienone is 1. The lowest BCUT2D eigenvalue weighted by Gasteiger charge is -2.02. The molecule has 1 N–H and O–H groups in total. The summed E-state index contributed by atoms with van der Waals surface area (Å²) in [6.07, 6.45) is 7.17. The Bertz CT molecular complexity index is 1200. The van der Waals surface area contributed by atoms with Crippen LogP contribution in [0.5, 0.6) is 5.75 Å². The van der Waals surface area contributed by atoms with Gasteiger partial charge in [-0.05, 0) is 61.0 Å². The molecule has 3 aromatic carbocycles. The molecule has 0 saturated carbocycles. The molecule has 1 aromatic heterocycles. The van der Waals surface area contributed by atoms with Gasteiger partial charge in [0.1, 0.15) is 5.75 Å². The van der Waals surface area contributed by atoms with Crippen LogP contribution in [0.25, 0.3) is 17.0 Å². The maximum atomic E-state index is 12.4. The van der Waals surface area contributed by atoms with Gasteiger partial charge in [0.15, 0.2) is 5.78 Å². The van der Waals surface area contributed by atoms with Crippen molar-refractivity contribution >= 4 is 34.7 Å². The van der Waals surface area contributed by atoms with E-state index in [9.17, 15) is 4.79 Å². The van der Waals surface area contributed by atoms with Crippen molar-refractivity contribution in [3.8, 4) is 5.75 Å². The van der Waals surface area contributed by atoms with Crippen molar-refractivity contribution in [2.24, 2.45) is 4.99 Å². The second-order valence-electron chi connectivity index (χ2n) is 6.79. The van der Waals surface area contributed by atoms with Crippen LogP contribution in [0.15, 0.2) is 90.1 Å². The van der Waals surface area contributed by atoms with E-state index in [0.717, 1.165) is 33.5 Å². The van der Waals surface area contributed by atoms with Gasteiger partial charge >= 0.3 is 0 Å². The predicted octanol–water partition coefficient (Wildman–Crippen LogP) is 6.21. The molecule has 0 fully saturated rings. The molecule has 0 radical (unpaired) electrons. The number of benzene rings is 3. The number of hydrogen-bond acceptors (Lipinski definition) is 3. The van der Waals surface area contributed by atoms with Gasteiger partial charge in [0.25, 0.3) is 0 Å². The van der Waals surface area contributed by atoms with Crippen molar-refractivity contribution in [2.45, 2.75) is 6.92 Å². The second-order valence-corrected chi connectivity index (χ2v) is 6.79. The number of rotatable bonds is 7. The third kappa shape index (κ3) is 4.55. The Balaban J connectivity index is 1.41. The minimum atomic E-state index is -0.0453. The van der Waals surface area contributed by atoms with Crippen molar-refractivity contribution in [1.82, 2.24) is 4.98 Å². The molecule has 0 atom stereocenters. The van der Waals surface area contributed by atoms with Crippen molar-refractivity contribution in [1.29, 1.82) is 0 Å². The molecule has 4 aromatic rings. The van der Waals surface area contributed by atoms with E-state index in [-0.39, 0.29) is 5.78 Å². The molecule has 0 saturated heterocycles. The minimum absolute atomic E-state index is 0.0453. The Kier molecular flexibility index (Phi) is 5.85. The van der Waals surface area contributed by atoms with Gasteiger partial charge in [-0.15, -0.1) is 0 Å². The zero-order valence-electron chi connectivity index (χ0n) is 16.7. The molecule has 0 aliphatic rings. The molecule has 0 aliphatic carbocycles. The van der Waals surface area contributed by atoms with Crippen LogP contribution in [0.4, 0.5) is 5.69 Å². The highest BCUT2D eigenvalue weighted by molar-refractivity contribution is 6.07. The normalized spacial score (nSPS) is 11.5. The molecular formula is C26H22N2O2. The van der Waals surface area contributed by atoms with Crippen molar-refractivity contribution in [2.75, 3.05) is 6.61 Å². The third-order valence-electron chi connectivity index (χ3n) is 4.74. The fraction of sp³-hybridized carbons (Fsp3) is 0.0769. The predicted molar refractivity (Wildman–Crippen MR) is 123 cm³/mol. The van der Waals surface area contributed by atoms with Crippen LogP contribution < -0.4 is 4.74 Å². The van der Waals surface area contributed by atoms with Gasteiger partial charge in [0.05, 0.1) is 12.3 Å². The number of aliphatic imine (C=N–C) groups is 1. The molecule has 1 heterocycles. The SMILES string of the molecule is CCOc1ccc(/C=C/C(=O)c2ccc(N=Cc3c[nH]c4ccccc34)cc2)cc1. The minimum Gasteiger partial charge on any atom is -0.494 e. The van der Waals surface area contributed by atoms with Gasteiger partial charge in [0.2, 0.25) is 0 Å². The van der Waals surface area contributed by atoms with Crippen LogP contribution in [-0.2, 0) is 0 Å². The summed E-state index contributed by atoms with van der Waals surface area (Å²) in [5, 5.41) is 1.13. The number of aromatic nitrogens is 1. The number of para-hydroxylation sites is 1. The van der Waals surface area contributed by atoms with Crippen molar-refractivity contribution in [3.05, 3.63) is 102 Å². The average Bonchev–Trinajstić information content (AvgIpc) is 3.21. The number of aromatic amines is 1. The lowest BCUT2D eigenvalue weighted by molar-refractivity contribution is 0.104. The van der Waals surface area contributed by atoms with E-state index in [1.165, 1.54) is 0 Å². The summed E-state index contributed by atoms with van der Waals surface area (Å²) in [6.45, 7) is 2.58. The highest BCUT2D eigenvalue weighted by Gasteiger charge is 2.03. The quantitative estimate of drug-likeness (QED) is 0.230. The zero-order chi connectivity index (χ0) is 20.8. The first-order chi connectivity index (χ1) is 14.7. The molecule has 0 bridgehead atoms. The van der Waals surface area contributed by atoms with Crippen LogP contribution in [0.3, 0.4) is 0 Å². The van der Waals surface area contributed by atoms with Crippen molar-refractivity contribution in [3.63, 3.8) is 0 Å². The Morgan fingerprint density at radius 3 is 2.53 bits per heavy atom. The van der Waals surface area contributed by atoms with Gasteiger partial charge in [-0.3, -0.25) is 9.79 Å². The first-order valence-electron chi connectivity index (χ1n) is 9.88. The molecular weight excluding hydrogens is 372 g/mol. The van der Waals surface area contributed by atoms with Gasteiger partial charge in [-0.2, -0.15) is 0 Å². The van der Waals surface area contributed by atoms with Crippen LogP contribution in [0.1, 0.15) is 28.4 Å². The van der Waals surface area contributed by atoms with Gasteiger partial charge < -0.3 is 9.72 Å². The molecule has 4 rings (SSSR count). The van der Waals surface area contributed by atoms with Crippen LogP contribution in [0.2, 0.25) is 0 Å². The van der Waals surface area contributed by atoms with E-state index in [4.69, 9.17) is 4.74 Å². The molecule has 0 spiro atoms. The number of hydrogen-bond donors (Lipinski definition) is 1. The van der Waals surface area contributed by atoms with Crippen LogP contribution >= 0.6 is 0 Å². The summed E-state index contributed by atoms with van der Waals surface area (Å²) in [5.41, 5.74) is 4.49. The standard InChI is InChI=1S/C26H22N2O2/c1-2-30-23-14-7-19(8-15-23)9-16-26(29)20-10-12-22(13-11-20)27-17-21-18-28-25-6-4-3-5-24(21)25/h3-18,28H,2H2,1H3/b16-9+,27-17?. The highest BCUT2D eigenvalue weighted by Crippen LogP contribution is 2.19. The summed E-state index contributed by atoms with van der Waals surface area (Å²) in [6, 6.07) is 23.1. The molecule has 4 heteroatoms. The Labute approximate surface area is 175 Å².